The Morgan fingerprint density at radius 2 is 1.97 bits per heavy atom. The van der Waals surface area contributed by atoms with Crippen LogP contribution in [0.5, 0.6) is 5.75 Å². The third-order valence-electron chi connectivity index (χ3n) is 4.94. The molecule has 0 atom stereocenters. The molecule has 3 rings (SSSR count). The van der Waals surface area contributed by atoms with Gasteiger partial charge in [-0.1, -0.05) is 18.2 Å². The molecule has 1 heterocycles. The maximum Gasteiger partial charge on any atom is 0.166 e. The van der Waals surface area contributed by atoms with Crippen molar-refractivity contribution in [1.82, 2.24) is 4.98 Å². The molecule has 0 saturated heterocycles. The van der Waals surface area contributed by atoms with Gasteiger partial charge < -0.3 is 10.1 Å². The van der Waals surface area contributed by atoms with E-state index in [1.807, 2.05) is 38.1 Å². The topological polar surface area (TPSA) is 75.0 Å². The Morgan fingerprint density at radius 1 is 1.17 bits per heavy atom. The predicted molar refractivity (Wildman–Crippen MR) is 116 cm³/mol. The summed E-state index contributed by atoms with van der Waals surface area (Å²) < 4.78 is 5.26. The van der Waals surface area contributed by atoms with Crippen LogP contribution in [0.3, 0.4) is 0 Å². The van der Waals surface area contributed by atoms with E-state index < -0.39 is 0 Å². The second kappa shape index (κ2) is 9.20. The number of nitrogens with zero attached hydrogens (tertiary/aromatic N) is 2. The van der Waals surface area contributed by atoms with Gasteiger partial charge in [-0.05, 0) is 62.1 Å². The number of fused-ring (bicyclic) bond motifs is 1. The van der Waals surface area contributed by atoms with Gasteiger partial charge >= 0.3 is 0 Å². The molecule has 0 aliphatic heterocycles. The van der Waals surface area contributed by atoms with Gasteiger partial charge in [-0.25, -0.2) is 4.98 Å². The molecule has 0 amide bonds. The highest BCUT2D eigenvalue weighted by Crippen LogP contribution is 2.24. The number of methoxy groups -OCH3 is 1. The molecule has 29 heavy (non-hydrogen) atoms. The fraction of sp³-hybridized carbons (Fsp3) is 0.292. The summed E-state index contributed by atoms with van der Waals surface area (Å²) in [7, 11) is 1.57. The van der Waals surface area contributed by atoms with E-state index in [4.69, 9.17) is 4.74 Å². The number of carbonyl (C=O) groups excluding carboxylic acids is 1. The molecule has 0 radical (unpaired) electrons. The van der Waals surface area contributed by atoms with Gasteiger partial charge in [0.05, 0.1) is 23.8 Å². The Hall–Kier alpha value is -3.39. The number of Topliss-reactive ketones (excluding diaryl/α,β-unsaturated/α-hetero) is 1. The van der Waals surface area contributed by atoms with Crippen LogP contribution in [0.25, 0.3) is 10.9 Å². The molecule has 3 aromatic rings. The van der Waals surface area contributed by atoms with Crippen LogP contribution in [-0.4, -0.2) is 24.4 Å². The third-order valence-corrected chi connectivity index (χ3v) is 4.94. The zero-order valence-corrected chi connectivity index (χ0v) is 17.1. The first-order valence-electron chi connectivity index (χ1n) is 9.75. The first kappa shape index (κ1) is 20.3. The number of hydrogen-bond donors (Lipinski definition) is 1. The van der Waals surface area contributed by atoms with E-state index in [2.05, 4.69) is 22.4 Å². The second-order valence-corrected chi connectivity index (χ2v) is 7.15. The summed E-state index contributed by atoms with van der Waals surface area (Å²) in [5, 5.41) is 13.7. The summed E-state index contributed by atoms with van der Waals surface area (Å²) in [5.41, 5.74) is 4.31. The number of unbranched alkanes of at least 4 members (excludes halogenated alkanes) is 1. The van der Waals surface area contributed by atoms with Crippen LogP contribution in [0.1, 0.15) is 46.3 Å². The van der Waals surface area contributed by atoms with E-state index in [-0.39, 0.29) is 5.78 Å². The van der Waals surface area contributed by atoms with Gasteiger partial charge in [-0.15, -0.1) is 0 Å². The number of nitrogens with one attached hydrogen (secondary N) is 1. The summed E-state index contributed by atoms with van der Waals surface area (Å²) in [6.45, 7) is 4.72. The molecule has 0 saturated carbocycles. The number of para-hydroxylation sites is 1. The lowest BCUT2D eigenvalue weighted by atomic mass is 10.0. The van der Waals surface area contributed by atoms with Crippen molar-refractivity contribution in [3.8, 4) is 11.8 Å². The average Bonchev–Trinajstić information content (AvgIpc) is 2.72. The normalized spacial score (nSPS) is 10.6. The van der Waals surface area contributed by atoms with E-state index in [1.54, 1.807) is 19.2 Å². The minimum atomic E-state index is 0.0787. The summed E-state index contributed by atoms with van der Waals surface area (Å²) >= 11 is 0. The number of aryl methyl sites for hydroxylation is 2. The number of rotatable bonds is 8. The number of carbonyl (C=O) groups is 1. The van der Waals surface area contributed by atoms with Crippen molar-refractivity contribution in [1.29, 1.82) is 5.26 Å². The number of hydrogen-bond acceptors (Lipinski definition) is 5. The van der Waals surface area contributed by atoms with Crippen LogP contribution in [-0.2, 0) is 0 Å². The van der Waals surface area contributed by atoms with Crippen molar-refractivity contribution >= 4 is 22.5 Å². The first-order chi connectivity index (χ1) is 14.0. The third kappa shape index (κ3) is 4.72. The van der Waals surface area contributed by atoms with Crippen molar-refractivity contribution in [3.63, 3.8) is 0 Å². The summed E-state index contributed by atoms with van der Waals surface area (Å²) in [6.07, 6.45) is 2.01. The number of ether oxygens (including phenoxy) is 1. The van der Waals surface area contributed by atoms with Crippen molar-refractivity contribution in [2.24, 2.45) is 0 Å². The molecule has 2 aromatic carbocycles. The molecule has 1 N–H and O–H groups in total. The number of aromatic nitrogens is 1. The molecule has 5 nitrogen and oxygen atoms in total. The summed E-state index contributed by atoms with van der Waals surface area (Å²) in [6, 6.07) is 15.5. The lowest BCUT2D eigenvalue weighted by Crippen LogP contribution is -2.07. The predicted octanol–water partition coefficient (Wildman–Crippen LogP) is 5.20. The maximum atomic E-state index is 12.4. The molecule has 0 aliphatic rings. The van der Waals surface area contributed by atoms with Gasteiger partial charge in [0.15, 0.2) is 5.78 Å². The van der Waals surface area contributed by atoms with Crippen molar-refractivity contribution in [2.45, 2.75) is 33.1 Å². The quantitative estimate of drug-likeness (QED) is 0.425. The molecular formula is C24H25N3O2. The van der Waals surface area contributed by atoms with Crippen LogP contribution >= 0.6 is 0 Å². The maximum absolute atomic E-state index is 12.4. The SMILES string of the molecule is COc1ccccc1C(=O)CCCCNc1nc2cc(C)cc(C)c2cc1C#N. The first-order valence-corrected chi connectivity index (χ1v) is 9.75. The highest BCUT2D eigenvalue weighted by Gasteiger charge is 2.12. The fourth-order valence-corrected chi connectivity index (χ4v) is 3.48. The van der Waals surface area contributed by atoms with Gasteiger partial charge in [0.2, 0.25) is 0 Å². The molecule has 1 aromatic heterocycles. The molecule has 0 spiro atoms. The van der Waals surface area contributed by atoms with Crippen LogP contribution in [0.2, 0.25) is 0 Å². The van der Waals surface area contributed by atoms with Gasteiger partial charge in [0.1, 0.15) is 17.6 Å². The van der Waals surface area contributed by atoms with Crippen LogP contribution < -0.4 is 10.1 Å². The Labute approximate surface area is 171 Å². The molecule has 0 bridgehead atoms. The lowest BCUT2D eigenvalue weighted by Gasteiger charge is -2.11. The number of benzene rings is 2. The number of pyridine rings is 1. The summed E-state index contributed by atoms with van der Waals surface area (Å²) in [5.74, 6) is 1.29. The zero-order chi connectivity index (χ0) is 20.8. The fourth-order valence-electron chi connectivity index (χ4n) is 3.48. The minimum absolute atomic E-state index is 0.0787. The van der Waals surface area contributed by atoms with E-state index in [0.29, 0.717) is 35.7 Å². The summed E-state index contributed by atoms with van der Waals surface area (Å²) in [4.78, 5) is 17.1. The average molecular weight is 387 g/mol. The van der Waals surface area contributed by atoms with E-state index in [9.17, 15) is 10.1 Å². The second-order valence-electron chi connectivity index (χ2n) is 7.15. The Bertz CT molecular complexity index is 1080. The van der Waals surface area contributed by atoms with E-state index >= 15 is 0 Å². The van der Waals surface area contributed by atoms with E-state index in [0.717, 1.165) is 34.9 Å². The monoisotopic (exact) mass is 387 g/mol. The van der Waals surface area contributed by atoms with E-state index in [1.165, 1.54) is 0 Å². The number of nitriles is 1. The molecule has 5 heteroatoms. The van der Waals surface area contributed by atoms with Gasteiger partial charge in [-0.2, -0.15) is 5.26 Å². The van der Waals surface area contributed by atoms with Crippen LogP contribution in [0, 0.1) is 25.2 Å². The number of ketones is 1. The molecular weight excluding hydrogens is 362 g/mol. The van der Waals surface area contributed by atoms with Crippen molar-refractivity contribution in [2.75, 3.05) is 19.0 Å². The van der Waals surface area contributed by atoms with Crippen molar-refractivity contribution < 1.29 is 9.53 Å². The smallest absolute Gasteiger partial charge is 0.166 e. The number of anilines is 1. The highest BCUT2D eigenvalue weighted by molar-refractivity contribution is 5.98. The minimum Gasteiger partial charge on any atom is -0.496 e. The van der Waals surface area contributed by atoms with Crippen LogP contribution in [0.4, 0.5) is 5.82 Å². The molecule has 148 valence electrons. The molecule has 0 aliphatic carbocycles. The Balaban J connectivity index is 1.60. The Kier molecular flexibility index (Phi) is 6.46. The lowest BCUT2D eigenvalue weighted by molar-refractivity contribution is 0.0976. The molecule has 0 unspecified atom stereocenters. The standard InChI is InChI=1S/C24H25N3O2/c1-16-12-17(2)20-14-18(15-25)24(27-21(20)13-16)26-11-7-6-9-22(28)19-8-4-5-10-23(19)29-3/h4-5,8,10,12-14H,6-7,9,11H2,1-3H3,(H,26,27). The van der Waals surface area contributed by atoms with Gasteiger partial charge in [-0.3, -0.25) is 4.79 Å². The zero-order valence-electron chi connectivity index (χ0n) is 17.1. The molecule has 0 fully saturated rings. The van der Waals surface area contributed by atoms with Crippen LogP contribution in [0.15, 0.2) is 42.5 Å². The van der Waals surface area contributed by atoms with Gasteiger partial charge in [0.25, 0.3) is 0 Å². The largest absolute Gasteiger partial charge is 0.496 e. The van der Waals surface area contributed by atoms with Gasteiger partial charge in [0, 0.05) is 18.4 Å². The van der Waals surface area contributed by atoms with Crippen molar-refractivity contribution in [3.05, 3.63) is 64.7 Å². The Morgan fingerprint density at radius 3 is 2.72 bits per heavy atom. The highest BCUT2D eigenvalue weighted by atomic mass is 16.5.